The van der Waals surface area contributed by atoms with Crippen LogP contribution in [0.15, 0.2) is 83.8 Å². The summed E-state index contributed by atoms with van der Waals surface area (Å²) in [5.74, 6) is -0.514. The van der Waals surface area contributed by atoms with Gasteiger partial charge >= 0.3 is 5.97 Å². The highest BCUT2D eigenvalue weighted by Crippen LogP contribution is 2.29. The van der Waals surface area contributed by atoms with Crippen LogP contribution < -0.4 is 10.1 Å². The summed E-state index contributed by atoms with van der Waals surface area (Å²) in [5, 5.41) is 2.66. The number of carbonyl (C=O) groups is 2. The predicted molar refractivity (Wildman–Crippen MR) is 110 cm³/mol. The largest absolute Gasteiger partial charge is 0.455 e. The highest BCUT2D eigenvalue weighted by atomic mass is 32.2. The summed E-state index contributed by atoms with van der Waals surface area (Å²) in [6.07, 6.45) is 0. The first-order chi connectivity index (χ1) is 14.1. The number of carbonyl (C=O) groups excluding carboxylic acids is 2. The normalized spacial score (nSPS) is 10.2. The molecule has 1 N–H and O–H groups in total. The molecule has 0 aliphatic rings. The van der Waals surface area contributed by atoms with E-state index in [-0.39, 0.29) is 5.75 Å². The lowest BCUT2D eigenvalue weighted by Crippen LogP contribution is -2.21. The van der Waals surface area contributed by atoms with Crippen LogP contribution in [0.1, 0.15) is 0 Å². The third kappa shape index (κ3) is 6.36. The lowest BCUT2D eigenvalue weighted by Gasteiger charge is -2.12. The fourth-order valence-electron chi connectivity index (χ4n) is 2.35. The van der Waals surface area contributed by atoms with Crippen LogP contribution in [-0.2, 0) is 14.3 Å². The third-order valence-electron chi connectivity index (χ3n) is 3.68. The van der Waals surface area contributed by atoms with Gasteiger partial charge in [0.05, 0.1) is 11.4 Å². The predicted octanol–water partition coefficient (Wildman–Crippen LogP) is 4.89. The van der Waals surface area contributed by atoms with Gasteiger partial charge < -0.3 is 14.8 Å². The van der Waals surface area contributed by atoms with E-state index >= 15 is 0 Å². The lowest BCUT2D eigenvalue weighted by molar-refractivity contribution is -0.144. The summed E-state index contributed by atoms with van der Waals surface area (Å²) < 4.78 is 24.3. The van der Waals surface area contributed by atoms with Gasteiger partial charge in [0.2, 0.25) is 0 Å². The fourth-order valence-corrected chi connectivity index (χ4v) is 3.08. The van der Waals surface area contributed by atoms with E-state index in [4.69, 9.17) is 9.47 Å². The molecule has 1 amide bonds. The van der Waals surface area contributed by atoms with Gasteiger partial charge in [-0.2, -0.15) is 0 Å². The molecule has 0 heterocycles. The van der Waals surface area contributed by atoms with Crippen molar-refractivity contribution >= 4 is 29.3 Å². The van der Waals surface area contributed by atoms with E-state index in [1.807, 2.05) is 18.2 Å². The average molecular weight is 411 g/mol. The zero-order valence-electron chi connectivity index (χ0n) is 15.3. The number of halogens is 1. The van der Waals surface area contributed by atoms with Crippen molar-refractivity contribution in [1.82, 2.24) is 0 Å². The molecule has 7 heteroatoms. The minimum absolute atomic E-state index is 0.0953. The molecule has 0 aliphatic carbocycles. The summed E-state index contributed by atoms with van der Waals surface area (Å²) in [7, 11) is 0. The number of thioether (sulfide) groups is 1. The van der Waals surface area contributed by atoms with Crippen LogP contribution in [0.25, 0.3) is 0 Å². The summed E-state index contributed by atoms with van der Waals surface area (Å²) in [5.41, 5.74) is 0.457. The van der Waals surface area contributed by atoms with E-state index in [1.165, 1.54) is 6.07 Å². The Hall–Kier alpha value is -3.32. The Morgan fingerprint density at radius 3 is 2.38 bits per heavy atom. The Kier molecular flexibility index (Phi) is 7.24. The van der Waals surface area contributed by atoms with Crippen molar-refractivity contribution in [3.8, 4) is 11.5 Å². The standard InChI is InChI=1S/C22H18FNO4S/c23-17-10-4-7-13-20(17)29-15-22(26)27-14-21(25)24-18-11-5-6-12-19(18)28-16-8-2-1-3-9-16/h1-13H,14-15H2,(H,24,25). The molecule has 0 unspecified atom stereocenters. The molecule has 148 valence electrons. The van der Waals surface area contributed by atoms with Crippen molar-refractivity contribution < 1.29 is 23.5 Å². The van der Waals surface area contributed by atoms with Crippen LogP contribution in [-0.4, -0.2) is 24.2 Å². The molecule has 5 nitrogen and oxygen atoms in total. The van der Waals surface area contributed by atoms with Crippen LogP contribution in [0.2, 0.25) is 0 Å². The van der Waals surface area contributed by atoms with Gasteiger partial charge in [-0.25, -0.2) is 4.39 Å². The van der Waals surface area contributed by atoms with E-state index in [1.54, 1.807) is 54.6 Å². The van der Waals surface area contributed by atoms with Gasteiger partial charge in [-0.15, -0.1) is 11.8 Å². The van der Waals surface area contributed by atoms with Crippen molar-refractivity contribution in [1.29, 1.82) is 0 Å². The monoisotopic (exact) mass is 411 g/mol. The molecule has 0 saturated carbocycles. The van der Waals surface area contributed by atoms with Gasteiger partial charge in [-0.05, 0) is 36.4 Å². The topological polar surface area (TPSA) is 64.6 Å². The number of hydrogen-bond donors (Lipinski definition) is 1. The Bertz CT molecular complexity index is 981. The van der Waals surface area contributed by atoms with Gasteiger partial charge in [0.25, 0.3) is 5.91 Å². The van der Waals surface area contributed by atoms with Crippen LogP contribution in [0.3, 0.4) is 0 Å². The Labute approximate surface area is 171 Å². The molecule has 3 aromatic carbocycles. The molecular weight excluding hydrogens is 393 g/mol. The molecule has 3 aromatic rings. The molecule has 0 atom stereocenters. The molecule has 0 spiro atoms. The molecule has 0 aliphatic heterocycles. The zero-order valence-corrected chi connectivity index (χ0v) is 16.2. The number of esters is 1. The summed E-state index contributed by atoms with van der Waals surface area (Å²) in [6.45, 7) is -0.448. The van der Waals surface area contributed by atoms with E-state index in [0.717, 1.165) is 11.8 Å². The zero-order chi connectivity index (χ0) is 20.5. The number of ether oxygens (including phenoxy) is 2. The maximum Gasteiger partial charge on any atom is 0.316 e. The third-order valence-corrected chi connectivity index (χ3v) is 4.70. The summed E-state index contributed by atoms with van der Waals surface area (Å²) >= 11 is 1.01. The second-order valence-corrected chi connectivity index (χ2v) is 6.86. The Balaban J connectivity index is 1.49. The summed E-state index contributed by atoms with van der Waals surface area (Å²) in [6, 6.07) is 22.2. The first-order valence-corrected chi connectivity index (χ1v) is 9.75. The fraction of sp³-hybridized carbons (Fsp3) is 0.0909. The van der Waals surface area contributed by atoms with Crippen molar-refractivity contribution in [2.24, 2.45) is 0 Å². The summed E-state index contributed by atoms with van der Waals surface area (Å²) in [4.78, 5) is 24.3. The minimum Gasteiger partial charge on any atom is -0.455 e. The Morgan fingerprint density at radius 2 is 1.59 bits per heavy atom. The second-order valence-electron chi connectivity index (χ2n) is 5.84. The van der Waals surface area contributed by atoms with Crippen LogP contribution >= 0.6 is 11.8 Å². The van der Waals surface area contributed by atoms with Crippen molar-refractivity contribution in [3.05, 3.63) is 84.7 Å². The molecule has 3 rings (SSSR count). The van der Waals surface area contributed by atoms with Gasteiger partial charge in [0.1, 0.15) is 11.6 Å². The number of hydrogen-bond acceptors (Lipinski definition) is 5. The van der Waals surface area contributed by atoms with E-state index in [9.17, 15) is 14.0 Å². The smallest absolute Gasteiger partial charge is 0.316 e. The number of para-hydroxylation sites is 3. The van der Waals surface area contributed by atoms with Crippen molar-refractivity contribution in [2.75, 3.05) is 17.7 Å². The molecule has 0 radical (unpaired) electrons. The van der Waals surface area contributed by atoms with Gasteiger partial charge in [-0.1, -0.05) is 42.5 Å². The average Bonchev–Trinajstić information content (AvgIpc) is 2.74. The number of benzene rings is 3. The second kappa shape index (κ2) is 10.3. The number of rotatable bonds is 8. The molecule has 0 aromatic heterocycles. The maximum absolute atomic E-state index is 13.5. The molecule has 0 fully saturated rings. The minimum atomic E-state index is -0.609. The highest BCUT2D eigenvalue weighted by molar-refractivity contribution is 8.00. The number of amides is 1. The Morgan fingerprint density at radius 1 is 0.897 bits per heavy atom. The molecule has 0 saturated heterocycles. The number of nitrogens with one attached hydrogen (secondary N) is 1. The molecule has 29 heavy (non-hydrogen) atoms. The highest BCUT2D eigenvalue weighted by Gasteiger charge is 2.12. The van der Waals surface area contributed by atoms with E-state index < -0.39 is 24.3 Å². The molecular formula is C22H18FNO4S. The van der Waals surface area contributed by atoms with Gasteiger partial charge in [0.15, 0.2) is 12.4 Å². The maximum atomic E-state index is 13.5. The first kappa shape index (κ1) is 20.4. The van der Waals surface area contributed by atoms with Gasteiger partial charge in [-0.3, -0.25) is 9.59 Å². The van der Waals surface area contributed by atoms with E-state index in [0.29, 0.717) is 22.1 Å². The molecule has 0 bridgehead atoms. The van der Waals surface area contributed by atoms with E-state index in [2.05, 4.69) is 5.32 Å². The van der Waals surface area contributed by atoms with Crippen molar-refractivity contribution in [2.45, 2.75) is 4.90 Å². The SMILES string of the molecule is O=C(COC(=O)CSc1ccccc1F)Nc1ccccc1Oc1ccccc1. The lowest BCUT2D eigenvalue weighted by atomic mass is 10.3. The first-order valence-electron chi connectivity index (χ1n) is 8.76. The van der Waals surface area contributed by atoms with Crippen LogP contribution in [0, 0.1) is 5.82 Å². The van der Waals surface area contributed by atoms with Crippen LogP contribution in [0.4, 0.5) is 10.1 Å². The number of anilines is 1. The quantitative estimate of drug-likeness (QED) is 0.422. The van der Waals surface area contributed by atoms with Crippen molar-refractivity contribution in [3.63, 3.8) is 0 Å². The van der Waals surface area contributed by atoms with Gasteiger partial charge in [0, 0.05) is 4.90 Å². The van der Waals surface area contributed by atoms with Crippen LogP contribution in [0.5, 0.6) is 11.5 Å².